The summed E-state index contributed by atoms with van der Waals surface area (Å²) in [6.45, 7) is 3.46. The smallest absolute Gasteiger partial charge is 0.249 e. The first-order chi connectivity index (χ1) is 10.4. The summed E-state index contributed by atoms with van der Waals surface area (Å²) in [6, 6.07) is 0. The van der Waals surface area contributed by atoms with Crippen molar-refractivity contribution in [2.75, 3.05) is 25.4 Å². The van der Waals surface area contributed by atoms with Gasteiger partial charge in [0.1, 0.15) is 6.10 Å². The Morgan fingerprint density at radius 2 is 1.91 bits per heavy atom. The molecule has 1 spiro atoms. The molecule has 1 aliphatic carbocycles. The van der Waals surface area contributed by atoms with Crippen molar-refractivity contribution in [3.8, 4) is 0 Å². The summed E-state index contributed by atoms with van der Waals surface area (Å²) in [6.07, 6.45) is 5.07. The van der Waals surface area contributed by atoms with Gasteiger partial charge in [-0.2, -0.15) is 0 Å². The van der Waals surface area contributed by atoms with Crippen LogP contribution in [0.2, 0.25) is 0 Å². The lowest BCUT2D eigenvalue weighted by molar-refractivity contribution is -0.139. The molecule has 3 fully saturated rings. The number of sulfonamides is 1. The van der Waals surface area contributed by atoms with Gasteiger partial charge in [-0.3, -0.25) is 4.79 Å². The molecule has 3 rings (SSSR count). The summed E-state index contributed by atoms with van der Waals surface area (Å²) in [4.78, 5) is 12.1. The molecule has 22 heavy (non-hydrogen) atoms. The summed E-state index contributed by atoms with van der Waals surface area (Å²) in [7, 11) is -3.11. The molecule has 0 aromatic heterocycles. The zero-order valence-corrected chi connectivity index (χ0v) is 14.0. The highest BCUT2D eigenvalue weighted by Crippen LogP contribution is 2.39. The van der Waals surface area contributed by atoms with E-state index in [1.807, 2.05) is 0 Å². The number of hydrogen-bond acceptors (Lipinski definition) is 4. The number of rotatable bonds is 5. The van der Waals surface area contributed by atoms with Crippen LogP contribution in [-0.4, -0.2) is 55.7 Å². The minimum absolute atomic E-state index is 0.00684. The first kappa shape index (κ1) is 16.2. The minimum atomic E-state index is -3.11. The number of piperidine rings is 1. The molecule has 0 bridgehead atoms. The quantitative estimate of drug-likeness (QED) is 0.812. The predicted molar refractivity (Wildman–Crippen MR) is 82.8 cm³/mol. The second-order valence-electron chi connectivity index (χ2n) is 6.82. The van der Waals surface area contributed by atoms with E-state index in [4.69, 9.17) is 4.74 Å². The second-order valence-corrected chi connectivity index (χ2v) is 9.07. The normalized spacial score (nSPS) is 28.9. The van der Waals surface area contributed by atoms with E-state index >= 15 is 0 Å². The van der Waals surface area contributed by atoms with E-state index in [0.717, 1.165) is 19.4 Å². The highest BCUT2D eigenvalue weighted by atomic mass is 32.2. The van der Waals surface area contributed by atoms with Gasteiger partial charge in [0, 0.05) is 19.6 Å². The van der Waals surface area contributed by atoms with Crippen LogP contribution >= 0.6 is 0 Å². The van der Waals surface area contributed by atoms with Crippen LogP contribution in [0, 0.1) is 5.92 Å². The number of nitrogens with zero attached hydrogens (tertiary/aromatic N) is 1. The average molecular weight is 330 g/mol. The van der Waals surface area contributed by atoms with Crippen molar-refractivity contribution in [2.24, 2.45) is 5.92 Å². The van der Waals surface area contributed by atoms with Gasteiger partial charge in [0.25, 0.3) is 0 Å². The van der Waals surface area contributed by atoms with Gasteiger partial charge in [-0.1, -0.05) is 0 Å². The van der Waals surface area contributed by atoms with E-state index < -0.39 is 10.0 Å². The van der Waals surface area contributed by atoms with Crippen molar-refractivity contribution < 1.29 is 17.9 Å². The van der Waals surface area contributed by atoms with Crippen LogP contribution in [0.1, 0.15) is 45.4 Å². The molecular formula is C15H26N2O4S. The maximum absolute atomic E-state index is 12.1. The molecule has 1 N–H and O–H groups in total. The first-order valence-electron chi connectivity index (χ1n) is 8.37. The number of nitrogens with one attached hydrogen (secondary N) is 1. The van der Waals surface area contributed by atoms with E-state index in [0.29, 0.717) is 31.8 Å². The molecule has 1 saturated carbocycles. The number of amides is 1. The first-order valence-corrected chi connectivity index (χ1v) is 9.98. The fourth-order valence-electron chi connectivity index (χ4n) is 3.40. The van der Waals surface area contributed by atoms with E-state index in [1.165, 1.54) is 12.8 Å². The monoisotopic (exact) mass is 330 g/mol. The molecule has 0 unspecified atom stereocenters. The van der Waals surface area contributed by atoms with Crippen LogP contribution in [0.5, 0.6) is 0 Å². The summed E-state index contributed by atoms with van der Waals surface area (Å²) in [5.74, 6) is 0.821. The van der Waals surface area contributed by atoms with Crippen molar-refractivity contribution in [3.63, 3.8) is 0 Å². The number of hydrogen-bond donors (Lipinski definition) is 1. The van der Waals surface area contributed by atoms with Gasteiger partial charge in [0.05, 0.1) is 11.4 Å². The highest BCUT2D eigenvalue weighted by Gasteiger charge is 2.46. The fraction of sp³-hybridized carbons (Fsp3) is 0.933. The molecule has 2 saturated heterocycles. The average Bonchev–Trinajstić information content (AvgIpc) is 3.26. The lowest BCUT2D eigenvalue weighted by atomic mass is 9.89. The van der Waals surface area contributed by atoms with Crippen molar-refractivity contribution in [1.29, 1.82) is 0 Å². The zero-order chi connectivity index (χ0) is 15.8. The van der Waals surface area contributed by atoms with E-state index in [1.54, 1.807) is 11.2 Å². The Hall–Kier alpha value is -0.660. The molecule has 0 radical (unpaired) electrons. The molecule has 2 heterocycles. The molecule has 0 aromatic carbocycles. The number of carbonyl (C=O) groups excluding carboxylic acids is 1. The third-order valence-electron chi connectivity index (χ3n) is 5.20. The van der Waals surface area contributed by atoms with Gasteiger partial charge in [0.2, 0.25) is 15.9 Å². The Morgan fingerprint density at radius 3 is 2.50 bits per heavy atom. The van der Waals surface area contributed by atoms with Gasteiger partial charge < -0.3 is 10.1 Å². The SMILES string of the molecule is CCS(=O)(=O)N1CCC2(CC[C@@H](C(=O)NCC3CC3)O2)CC1. The summed E-state index contributed by atoms with van der Waals surface area (Å²) in [5.41, 5.74) is -0.290. The Morgan fingerprint density at radius 1 is 1.23 bits per heavy atom. The maximum Gasteiger partial charge on any atom is 0.249 e. The topological polar surface area (TPSA) is 75.7 Å². The molecule has 0 aromatic rings. The van der Waals surface area contributed by atoms with Crippen LogP contribution in [0.3, 0.4) is 0 Å². The van der Waals surface area contributed by atoms with E-state index in [-0.39, 0.29) is 23.4 Å². The van der Waals surface area contributed by atoms with Gasteiger partial charge in [0.15, 0.2) is 0 Å². The third-order valence-corrected chi connectivity index (χ3v) is 7.08. The molecule has 1 atom stereocenters. The summed E-state index contributed by atoms with van der Waals surface area (Å²) >= 11 is 0. The Kier molecular flexibility index (Phi) is 4.49. The fourth-order valence-corrected chi connectivity index (χ4v) is 4.51. The second kappa shape index (κ2) is 6.09. The van der Waals surface area contributed by atoms with E-state index in [9.17, 15) is 13.2 Å². The minimum Gasteiger partial charge on any atom is -0.362 e. The predicted octanol–water partition coefficient (Wildman–Crippen LogP) is 0.876. The zero-order valence-electron chi connectivity index (χ0n) is 13.2. The lowest BCUT2D eigenvalue weighted by Crippen LogP contribution is -2.48. The molecule has 1 amide bonds. The summed E-state index contributed by atoms with van der Waals surface area (Å²) < 4.78 is 31.4. The lowest BCUT2D eigenvalue weighted by Gasteiger charge is -2.38. The molecular weight excluding hydrogens is 304 g/mol. The van der Waals surface area contributed by atoms with Gasteiger partial charge in [-0.05, 0) is 51.4 Å². The Labute approximate surface area is 132 Å². The number of ether oxygens (including phenoxy) is 1. The van der Waals surface area contributed by atoms with E-state index in [2.05, 4.69) is 5.32 Å². The van der Waals surface area contributed by atoms with Crippen LogP contribution in [-0.2, 0) is 19.6 Å². The van der Waals surface area contributed by atoms with Crippen molar-refractivity contribution >= 4 is 15.9 Å². The van der Waals surface area contributed by atoms with Gasteiger partial charge in [-0.25, -0.2) is 12.7 Å². The van der Waals surface area contributed by atoms with Crippen LogP contribution in [0.15, 0.2) is 0 Å². The largest absolute Gasteiger partial charge is 0.362 e. The van der Waals surface area contributed by atoms with Crippen LogP contribution < -0.4 is 5.32 Å². The molecule has 2 aliphatic heterocycles. The van der Waals surface area contributed by atoms with Crippen molar-refractivity contribution in [1.82, 2.24) is 9.62 Å². The van der Waals surface area contributed by atoms with Gasteiger partial charge >= 0.3 is 0 Å². The number of carbonyl (C=O) groups is 1. The Bertz CT molecular complexity index is 522. The highest BCUT2D eigenvalue weighted by molar-refractivity contribution is 7.89. The standard InChI is InChI=1S/C15H26N2O4S/c1-2-22(19,20)17-9-7-15(8-10-17)6-5-13(21-15)14(18)16-11-12-3-4-12/h12-13H,2-11H2,1H3,(H,16,18)/t13-/m0/s1. The summed E-state index contributed by atoms with van der Waals surface area (Å²) in [5, 5.41) is 2.98. The van der Waals surface area contributed by atoms with Crippen LogP contribution in [0.4, 0.5) is 0 Å². The molecule has 6 nitrogen and oxygen atoms in total. The molecule has 7 heteroatoms. The van der Waals surface area contributed by atoms with Gasteiger partial charge in [-0.15, -0.1) is 0 Å². The molecule has 126 valence electrons. The third kappa shape index (κ3) is 3.46. The van der Waals surface area contributed by atoms with Crippen molar-refractivity contribution in [2.45, 2.75) is 57.2 Å². The maximum atomic E-state index is 12.1. The Balaban J connectivity index is 1.50. The van der Waals surface area contributed by atoms with Crippen LogP contribution in [0.25, 0.3) is 0 Å². The molecule has 3 aliphatic rings. The van der Waals surface area contributed by atoms with Crippen molar-refractivity contribution in [3.05, 3.63) is 0 Å².